The third-order valence-electron chi connectivity index (χ3n) is 3.01. The maximum atomic E-state index is 11.4. The Balaban J connectivity index is -0.000000469. The standard InChI is InChI=1S/C8H19N3OS.C8H19N3S.C4F6O2/c1-7(9)11-4-5-13(12)6-8(2,3)10;1-7(9)11-4-5-12-6-8(2,3)10;5-3(6,7)1(11)2(12)4(8,9)10/h4-6,10H2,1-3H3,(H2,9,11);4-6,10H2,1-3H3,(H2,9,11);. The van der Waals surface area contributed by atoms with Crippen molar-refractivity contribution in [3.05, 3.63) is 0 Å². The number of aliphatic imine (C=N–C) groups is 2. The first-order valence-electron chi connectivity index (χ1n) is 10.6. The van der Waals surface area contributed by atoms with Gasteiger partial charge in [-0.2, -0.15) is 38.1 Å². The van der Waals surface area contributed by atoms with Crippen LogP contribution in [0.1, 0.15) is 41.5 Å². The number of carbonyl (C=O) groups excluding carboxylic acids is 2. The minimum absolute atomic E-state index is 0.0772. The van der Waals surface area contributed by atoms with Gasteiger partial charge in [0, 0.05) is 51.4 Å². The van der Waals surface area contributed by atoms with E-state index in [2.05, 4.69) is 9.98 Å². The molecule has 0 aromatic heterocycles. The average Bonchev–Trinajstić information content (AvgIpc) is 2.63. The Morgan fingerprint density at radius 1 is 0.784 bits per heavy atom. The summed E-state index contributed by atoms with van der Waals surface area (Å²) in [6, 6.07) is 0. The Hall–Kier alpha value is -1.72. The van der Waals surface area contributed by atoms with Crippen LogP contribution in [0.3, 0.4) is 0 Å². The van der Waals surface area contributed by atoms with Crippen LogP contribution >= 0.6 is 11.8 Å². The van der Waals surface area contributed by atoms with Gasteiger partial charge >= 0.3 is 23.9 Å². The van der Waals surface area contributed by atoms with E-state index in [1.54, 1.807) is 13.8 Å². The number of rotatable bonds is 11. The van der Waals surface area contributed by atoms with E-state index in [0.29, 0.717) is 29.7 Å². The van der Waals surface area contributed by atoms with Gasteiger partial charge in [0.15, 0.2) is 0 Å². The fourth-order valence-electron chi connectivity index (χ4n) is 1.69. The molecule has 0 rings (SSSR count). The van der Waals surface area contributed by atoms with Crippen molar-refractivity contribution in [2.45, 2.75) is 65.0 Å². The normalized spacial score (nSPS) is 14.1. The highest BCUT2D eigenvalue weighted by Crippen LogP contribution is 2.24. The molecule has 0 fully saturated rings. The summed E-state index contributed by atoms with van der Waals surface area (Å²) in [5, 5.41) is 0. The van der Waals surface area contributed by atoms with Crippen molar-refractivity contribution in [2.24, 2.45) is 32.9 Å². The highest BCUT2D eigenvalue weighted by Gasteiger charge is 2.54. The predicted octanol–water partition coefficient (Wildman–Crippen LogP) is 1.93. The summed E-state index contributed by atoms with van der Waals surface area (Å²) in [5.41, 5.74) is 21.8. The minimum Gasteiger partial charge on any atom is -0.388 e. The van der Waals surface area contributed by atoms with Gasteiger partial charge in [0.2, 0.25) is 0 Å². The monoisotopic (exact) mass is 588 g/mol. The highest BCUT2D eigenvalue weighted by molar-refractivity contribution is 7.99. The number of halogens is 6. The molecule has 0 saturated carbocycles. The molecule has 1 unspecified atom stereocenters. The van der Waals surface area contributed by atoms with Gasteiger partial charge in [0.1, 0.15) is 0 Å². The van der Waals surface area contributed by atoms with Crippen molar-refractivity contribution < 1.29 is 40.1 Å². The summed E-state index contributed by atoms with van der Waals surface area (Å²) in [7, 11) is -0.894. The highest BCUT2D eigenvalue weighted by atomic mass is 32.2. The third kappa shape index (κ3) is 30.4. The first kappa shape index (κ1) is 39.8. The predicted molar refractivity (Wildman–Crippen MR) is 138 cm³/mol. The molecular formula is C20H38F6N6O3S2. The van der Waals surface area contributed by atoms with Gasteiger partial charge in [-0.1, -0.05) is 0 Å². The number of carbonyl (C=O) groups is 2. The van der Waals surface area contributed by atoms with Crippen LogP contribution in [0.25, 0.3) is 0 Å². The van der Waals surface area contributed by atoms with Crippen LogP contribution in [0.5, 0.6) is 0 Å². The van der Waals surface area contributed by atoms with Crippen molar-refractivity contribution in [1.29, 1.82) is 0 Å². The second-order valence-electron chi connectivity index (χ2n) is 9.02. The van der Waals surface area contributed by atoms with Crippen molar-refractivity contribution in [1.82, 2.24) is 0 Å². The molecule has 37 heavy (non-hydrogen) atoms. The summed E-state index contributed by atoms with van der Waals surface area (Å²) in [6.07, 6.45) is -11.5. The summed E-state index contributed by atoms with van der Waals surface area (Å²) in [6.45, 7) is 12.6. The van der Waals surface area contributed by atoms with Crippen molar-refractivity contribution >= 4 is 45.8 Å². The first-order valence-corrected chi connectivity index (χ1v) is 13.2. The van der Waals surface area contributed by atoms with Crippen molar-refractivity contribution in [2.75, 3.05) is 36.1 Å². The lowest BCUT2D eigenvalue weighted by atomic mass is 10.1. The Morgan fingerprint density at radius 3 is 1.46 bits per heavy atom. The Bertz CT molecular complexity index is 757. The summed E-state index contributed by atoms with van der Waals surface area (Å²) in [4.78, 5) is 27.3. The number of Topliss-reactive ketones (excluding diaryl/α,β-unsaturated/α-hetero) is 2. The summed E-state index contributed by atoms with van der Waals surface area (Å²) >= 11 is 1.81. The van der Waals surface area contributed by atoms with E-state index >= 15 is 0 Å². The molecule has 220 valence electrons. The Labute approximate surface area is 220 Å². The molecule has 0 spiro atoms. The lowest BCUT2D eigenvalue weighted by Crippen LogP contribution is -2.39. The molecule has 1 atom stereocenters. The molecule has 0 amide bonds. The van der Waals surface area contributed by atoms with Crippen LogP contribution in [-0.4, -0.2) is 87.0 Å². The second kappa shape index (κ2) is 17.7. The zero-order chi connectivity index (χ0) is 30.3. The lowest BCUT2D eigenvalue weighted by Gasteiger charge is -2.16. The Kier molecular flexibility index (Phi) is 19.1. The van der Waals surface area contributed by atoms with E-state index in [9.17, 15) is 40.1 Å². The quantitative estimate of drug-likeness (QED) is 0.0929. The van der Waals surface area contributed by atoms with Crippen LogP contribution in [-0.2, 0) is 20.4 Å². The van der Waals surface area contributed by atoms with Crippen molar-refractivity contribution in [3.63, 3.8) is 0 Å². The molecule has 8 N–H and O–H groups in total. The van der Waals surface area contributed by atoms with E-state index in [-0.39, 0.29) is 11.1 Å². The maximum absolute atomic E-state index is 11.4. The van der Waals surface area contributed by atoms with Crippen molar-refractivity contribution in [3.8, 4) is 0 Å². The maximum Gasteiger partial charge on any atom is 0.458 e. The molecule has 0 aliphatic carbocycles. The van der Waals surface area contributed by atoms with Gasteiger partial charge < -0.3 is 22.9 Å². The zero-order valence-corrected chi connectivity index (χ0v) is 23.4. The van der Waals surface area contributed by atoms with Gasteiger partial charge in [-0.25, -0.2) is 0 Å². The molecular weight excluding hydrogens is 550 g/mol. The molecule has 0 aliphatic heterocycles. The van der Waals surface area contributed by atoms with Gasteiger partial charge in [-0.05, 0) is 41.5 Å². The SMILES string of the molecule is CC(N)=NCCS(=O)CC(C)(C)N.CC(N)=NCCSCC(C)(C)N.O=C(C(=O)C(F)(F)F)C(F)(F)F. The number of nitrogens with zero attached hydrogens (tertiary/aromatic N) is 2. The number of amidine groups is 2. The minimum atomic E-state index is -5.77. The molecule has 0 aromatic rings. The van der Waals surface area contributed by atoms with Crippen LogP contribution in [0.15, 0.2) is 9.98 Å². The summed E-state index contributed by atoms with van der Waals surface area (Å²) < 4.78 is 78.3. The van der Waals surface area contributed by atoms with Gasteiger partial charge in [-0.15, -0.1) is 0 Å². The van der Waals surface area contributed by atoms with E-state index in [1.165, 1.54) is 0 Å². The van der Waals surface area contributed by atoms with Crippen LogP contribution in [0.2, 0.25) is 0 Å². The number of alkyl halides is 6. The smallest absolute Gasteiger partial charge is 0.388 e. The molecule has 0 heterocycles. The number of ketones is 2. The van der Waals surface area contributed by atoms with Crippen LogP contribution in [0, 0.1) is 0 Å². The molecule has 17 heteroatoms. The van der Waals surface area contributed by atoms with Gasteiger partial charge in [0.25, 0.3) is 0 Å². The molecule has 0 aromatic carbocycles. The van der Waals surface area contributed by atoms with Crippen LogP contribution < -0.4 is 22.9 Å². The zero-order valence-electron chi connectivity index (χ0n) is 21.8. The Morgan fingerprint density at radius 2 is 1.16 bits per heavy atom. The van der Waals surface area contributed by atoms with Gasteiger partial charge in [-0.3, -0.25) is 23.8 Å². The van der Waals surface area contributed by atoms with E-state index < -0.39 is 34.7 Å². The molecule has 0 bridgehead atoms. The third-order valence-corrected chi connectivity index (χ3v) is 6.13. The largest absolute Gasteiger partial charge is 0.458 e. The van der Waals surface area contributed by atoms with E-state index in [1.807, 2.05) is 39.5 Å². The number of hydrogen-bond acceptors (Lipinski definition) is 8. The van der Waals surface area contributed by atoms with E-state index in [0.717, 1.165) is 18.1 Å². The average molecular weight is 589 g/mol. The number of thioether (sulfide) groups is 1. The number of nitrogens with two attached hydrogens (primary N) is 4. The fraction of sp³-hybridized carbons (Fsp3) is 0.800. The molecule has 9 nitrogen and oxygen atoms in total. The lowest BCUT2D eigenvalue weighted by molar-refractivity contribution is -0.193. The fourth-order valence-corrected chi connectivity index (χ4v) is 3.85. The molecule has 0 aliphatic rings. The number of hydrogen-bond donors (Lipinski definition) is 4. The molecule has 0 radical (unpaired) electrons. The first-order chi connectivity index (χ1) is 16.3. The second-order valence-corrected chi connectivity index (χ2v) is 11.7. The van der Waals surface area contributed by atoms with E-state index in [4.69, 9.17) is 22.9 Å². The van der Waals surface area contributed by atoms with Crippen LogP contribution in [0.4, 0.5) is 26.3 Å². The van der Waals surface area contributed by atoms with Gasteiger partial charge in [0.05, 0.1) is 18.2 Å². The summed E-state index contributed by atoms with van der Waals surface area (Å²) in [5.74, 6) is -2.63. The topological polar surface area (TPSA) is 180 Å². The molecule has 0 saturated heterocycles.